The van der Waals surface area contributed by atoms with Gasteiger partial charge in [0.2, 0.25) is 0 Å². The van der Waals surface area contributed by atoms with E-state index in [1.54, 1.807) is 28.0 Å². The third kappa shape index (κ3) is 13.8. The average molecular weight is 1090 g/mol. The number of aromatic hydroxyl groups is 3. The number of phenols is 3. The van der Waals surface area contributed by atoms with Crippen LogP contribution in [0.3, 0.4) is 0 Å². The largest absolute Gasteiger partial charge is 0.502 e. The molecule has 3 aromatic rings. The van der Waals surface area contributed by atoms with E-state index < -0.39 is 31.6 Å². The van der Waals surface area contributed by atoms with Crippen molar-refractivity contribution in [2.75, 3.05) is 80.1 Å². The lowest BCUT2D eigenvalue weighted by Crippen LogP contribution is -2.50. The second kappa shape index (κ2) is 22.4. The number of anilines is 3. The number of likely N-dealkylation sites (tertiary alicyclic amines) is 3. The number of hydrogen-bond acceptors (Lipinski definition) is 18. The Balaban J connectivity index is 0.000000170. The molecule has 3 aromatic carbocycles. The van der Waals surface area contributed by atoms with E-state index in [1.807, 2.05) is 67.2 Å². The molecule has 0 spiro atoms. The number of hydrogen-bond donors (Lipinski definition) is 3. The first-order valence-electron chi connectivity index (χ1n) is 26.4. The molecule has 0 unspecified atom stereocenters. The first kappa shape index (κ1) is 58.2. The van der Waals surface area contributed by atoms with Gasteiger partial charge in [0.05, 0.1) is 26.9 Å². The standard InChI is InChI=1S/C19H27N3O5.C18H25N3O5.C17H23N3O5/c1-18(2,3)27-17(24)20-11-16-19(4,12-20)8-5-9-21(16)13-6-7-14(22(25)26)15(23)10-13;1-18(2,3)26-17(23)20-8-4-5-12-10-19(11-15(12)20)13-6-7-14(21(24)25)16(22)9-13;1-17(2,3)25-16(22)19-9-11-7-18(8-12(11)10-19)13-4-5-14(20(23)24)15(21)6-13/h6-7,10,16,23H,5,8-9,11-12H2,1-4H3;6-7,9,12,15,22H,4-5,8,10-11H2,1-3H3;4-6,11-12,21H,7-10H2,1-3H3/t16-,19+;12-,15+;11-,12+/m11./s1. The maximum atomic E-state index is 12.5. The maximum Gasteiger partial charge on any atom is 0.410 e. The van der Waals surface area contributed by atoms with Crippen LogP contribution in [-0.4, -0.2) is 157 Å². The fourth-order valence-electron chi connectivity index (χ4n) is 11.5. The Hall–Kier alpha value is -7.53. The zero-order valence-electron chi connectivity index (χ0n) is 46.2. The predicted molar refractivity (Wildman–Crippen MR) is 289 cm³/mol. The van der Waals surface area contributed by atoms with Crippen LogP contribution in [0.4, 0.5) is 48.5 Å². The SMILES string of the molecule is CC(C)(C)OC(=O)N1CCC[C@@H]2CN(c3ccc([N+](=O)[O-])c(O)c3)C[C@@H]21.CC(C)(C)OC(=O)N1C[C@@H]2CN(c3ccc([N+](=O)[O-])c(O)c3)C[C@@H]2C1.CC(C)(C)OC(=O)N1C[C@H]2N(c3ccc([N+](=O)[O-])c(O)c3)CCC[C@@]2(C)C1. The number of ether oxygens (including phenoxy) is 3. The number of nitrogens with zero attached hydrogens (tertiary/aromatic N) is 9. The van der Waals surface area contributed by atoms with E-state index in [4.69, 9.17) is 14.2 Å². The van der Waals surface area contributed by atoms with Gasteiger partial charge in [0.15, 0.2) is 17.2 Å². The summed E-state index contributed by atoms with van der Waals surface area (Å²) in [5.41, 5.74) is -0.348. The van der Waals surface area contributed by atoms with Gasteiger partial charge in [-0.2, -0.15) is 0 Å². The molecule has 426 valence electrons. The summed E-state index contributed by atoms with van der Waals surface area (Å²) < 4.78 is 16.5. The number of fused-ring (bicyclic) bond motifs is 3. The van der Waals surface area contributed by atoms with Gasteiger partial charge in [-0.1, -0.05) is 6.92 Å². The Kier molecular flexibility index (Phi) is 16.7. The van der Waals surface area contributed by atoms with Gasteiger partial charge >= 0.3 is 35.3 Å². The Bertz CT molecular complexity index is 2750. The van der Waals surface area contributed by atoms with Crippen molar-refractivity contribution >= 4 is 52.4 Å². The van der Waals surface area contributed by atoms with Gasteiger partial charge in [0, 0.05) is 136 Å². The third-order valence-corrected chi connectivity index (χ3v) is 15.0. The molecule has 6 heterocycles. The molecule has 0 bridgehead atoms. The van der Waals surface area contributed by atoms with Gasteiger partial charge in [0.25, 0.3) is 0 Å². The van der Waals surface area contributed by atoms with Crippen LogP contribution < -0.4 is 14.7 Å². The number of piperidine rings is 2. The molecule has 3 amide bonds. The molecule has 0 aromatic heterocycles. The fourth-order valence-corrected chi connectivity index (χ4v) is 11.5. The van der Waals surface area contributed by atoms with E-state index in [1.165, 1.54) is 36.4 Å². The molecule has 6 saturated heterocycles. The molecule has 24 nitrogen and oxygen atoms in total. The van der Waals surface area contributed by atoms with Gasteiger partial charge in [-0.3, -0.25) is 30.3 Å². The van der Waals surface area contributed by atoms with Crippen molar-refractivity contribution in [3.05, 3.63) is 84.9 Å². The second-order valence-electron chi connectivity index (χ2n) is 24.5. The number of phenolic OH excluding ortho intramolecular Hbond substituents is 3. The van der Waals surface area contributed by atoms with Crippen LogP contribution in [-0.2, 0) is 14.2 Å². The molecule has 6 fully saturated rings. The summed E-state index contributed by atoms with van der Waals surface area (Å²) in [6, 6.07) is 13.4. The minimum Gasteiger partial charge on any atom is -0.502 e. The number of nitro groups is 3. The van der Waals surface area contributed by atoms with Crippen LogP contribution in [0.25, 0.3) is 0 Å². The van der Waals surface area contributed by atoms with Crippen LogP contribution in [0.1, 0.15) is 94.9 Å². The van der Waals surface area contributed by atoms with Crippen molar-refractivity contribution < 1.29 is 58.7 Å². The van der Waals surface area contributed by atoms with Crippen molar-refractivity contribution in [2.24, 2.45) is 23.2 Å². The zero-order chi connectivity index (χ0) is 57.4. The summed E-state index contributed by atoms with van der Waals surface area (Å²) in [5.74, 6) is -0.00334. The molecular formula is C54H75N9O15. The highest BCUT2D eigenvalue weighted by Gasteiger charge is 2.50. The van der Waals surface area contributed by atoms with Gasteiger partial charge in [0.1, 0.15) is 16.8 Å². The summed E-state index contributed by atoms with van der Waals surface area (Å²) >= 11 is 0. The first-order chi connectivity index (χ1) is 36.3. The number of amides is 3. The molecule has 0 saturated carbocycles. The van der Waals surface area contributed by atoms with E-state index >= 15 is 0 Å². The van der Waals surface area contributed by atoms with E-state index in [-0.39, 0.29) is 70.1 Å². The Morgan fingerprint density at radius 1 is 0.551 bits per heavy atom. The molecule has 3 N–H and O–H groups in total. The van der Waals surface area contributed by atoms with Crippen LogP contribution >= 0.6 is 0 Å². The molecule has 6 atom stereocenters. The molecule has 78 heavy (non-hydrogen) atoms. The van der Waals surface area contributed by atoms with Crippen molar-refractivity contribution in [3.63, 3.8) is 0 Å². The summed E-state index contributed by atoms with van der Waals surface area (Å²) in [5, 5.41) is 62.3. The topological polar surface area (TPSA) is 288 Å². The minimum atomic E-state index is -0.604. The first-order valence-corrected chi connectivity index (χ1v) is 26.4. The maximum absolute atomic E-state index is 12.5. The third-order valence-electron chi connectivity index (χ3n) is 15.0. The lowest BCUT2D eigenvalue weighted by atomic mass is 9.77. The normalized spacial score (nSPS) is 23.7. The second-order valence-corrected chi connectivity index (χ2v) is 24.5. The molecule has 0 aliphatic carbocycles. The molecular weight excluding hydrogens is 1010 g/mol. The summed E-state index contributed by atoms with van der Waals surface area (Å²) in [6.45, 7) is 25.6. The number of carbonyl (C=O) groups excluding carboxylic acids is 3. The van der Waals surface area contributed by atoms with E-state index in [0.29, 0.717) is 57.0 Å². The summed E-state index contributed by atoms with van der Waals surface area (Å²) in [6.07, 6.45) is 3.02. The average Bonchev–Trinajstić information content (AvgIpc) is 4.19. The van der Waals surface area contributed by atoms with Crippen molar-refractivity contribution in [2.45, 2.75) is 124 Å². The molecule has 9 rings (SSSR count). The van der Waals surface area contributed by atoms with E-state index in [9.17, 15) is 60.0 Å². The highest BCUT2D eigenvalue weighted by molar-refractivity contribution is 5.71. The quantitative estimate of drug-likeness (QED) is 0.118. The van der Waals surface area contributed by atoms with Crippen LogP contribution in [0, 0.1) is 53.5 Å². The smallest absolute Gasteiger partial charge is 0.410 e. The van der Waals surface area contributed by atoms with E-state index in [2.05, 4.69) is 21.6 Å². The van der Waals surface area contributed by atoms with Gasteiger partial charge < -0.3 is 58.9 Å². The molecule has 24 heteroatoms. The zero-order valence-corrected chi connectivity index (χ0v) is 46.2. The lowest BCUT2D eigenvalue weighted by molar-refractivity contribution is -0.386. The highest BCUT2D eigenvalue weighted by atomic mass is 16.6. The Morgan fingerprint density at radius 2 is 0.974 bits per heavy atom. The van der Waals surface area contributed by atoms with Gasteiger partial charge in [-0.25, -0.2) is 14.4 Å². The monoisotopic (exact) mass is 1090 g/mol. The van der Waals surface area contributed by atoms with Gasteiger partial charge in [-0.05, 0) is 112 Å². The van der Waals surface area contributed by atoms with Crippen molar-refractivity contribution in [1.29, 1.82) is 0 Å². The van der Waals surface area contributed by atoms with Crippen LogP contribution in [0.15, 0.2) is 54.6 Å². The number of carbonyl (C=O) groups is 3. The van der Waals surface area contributed by atoms with Crippen LogP contribution in [0.2, 0.25) is 0 Å². The van der Waals surface area contributed by atoms with Crippen molar-refractivity contribution in [1.82, 2.24) is 14.7 Å². The number of benzene rings is 3. The van der Waals surface area contributed by atoms with E-state index in [0.717, 1.165) is 68.9 Å². The highest BCUT2D eigenvalue weighted by Crippen LogP contribution is 2.45. The predicted octanol–water partition coefficient (Wildman–Crippen LogP) is 9.27. The fraction of sp³-hybridized carbons (Fsp3) is 0.611. The number of rotatable bonds is 6. The lowest BCUT2D eigenvalue weighted by Gasteiger charge is -2.44. The Labute approximate surface area is 453 Å². The molecule has 6 aliphatic rings. The molecule has 0 radical (unpaired) electrons. The Morgan fingerprint density at radius 3 is 1.44 bits per heavy atom. The van der Waals surface area contributed by atoms with Crippen molar-refractivity contribution in [3.8, 4) is 17.2 Å². The molecule has 6 aliphatic heterocycles. The minimum absolute atomic E-state index is 0.0518. The number of nitro benzene ring substituents is 3. The summed E-state index contributed by atoms with van der Waals surface area (Å²) in [7, 11) is 0. The van der Waals surface area contributed by atoms with Gasteiger partial charge in [-0.15, -0.1) is 0 Å². The van der Waals surface area contributed by atoms with Crippen LogP contribution in [0.5, 0.6) is 17.2 Å². The summed E-state index contributed by atoms with van der Waals surface area (Å²) in [4.78, 5) is 79.7.